The minimum atomic E-state index is 0.523. The first kappa shape index (κ1) is 13.0. The molecular weight excluding hydrogens is 242 g/mol. The zero-order valence-electron chi connectivity index (χ0n) is 10.8. The molecule has 0 heterocycles. The van der Waals surface area contributed by atoms with E-state index in [1.807, 2.05) is 30.3 Å². The van der Waals surface area contributed by atoms with Gasteiger partial charge in [0, 0.05) is 10.7 Å². The van der Waals surface area contributed by atoms with Gasteiger partial charge in [-0.1, -0.05) is 49.7 Å². The number of benzene rings is 2. The molecule has 2 aromatic carbocycles. The summed E-state index contributed by atoms with van der Waals surface area (Å²) in [6, 6.07) is 14.2. The van der Waals surface area contributed by atoms with Crippen LogP contribution in [0.5, 0.6) is 0 Å². The highest BCUT2D eigenvalue weighted by atomic mass is 35.5. The molecule has 0 aliphatic heterocycles. The molecule has 0 aromatic heterocycles. The Balaban J connectivity index is 2.27. The van der Waals surface area contributed by atoms with Crippen molar-refractivity contribution in [3.63, 3.8) is 0 Å². The standard InChI is InChI=1S/C16H18ClN/c1-11(2)13-5-8-16(18)14(10-13)9-12-3-6-15(17)7-4-12/h3-8,10-11H,9,18H2,1-2H3. The number of anilines is 1. The lowest BCUT2D eigenvalue weighted by Crippen LogP contribution is -1.98. The summed E-state index contributed by atoms with van der Waals surface area (Å²) in [4.78, 5) is 0. The third kappa shape index (κ3) is 3.05. The highest BCUT2D eigenvalue weighted by Crippen LogP contribution is 2.23. The van der Waals surface area contributed by atoms with Crippen LogP contribution in [0.3, 0.4) is 0 Å². The lowest BCUT2D eigenvalue weighted by molar-refractivity contribution is 0.864. The Morgan fingerprint density at radius 1 is 1.06 bits per heavy atom. The maximum Gasteiger partial charge on any atom is 0.0406 e. The van der Waals surface area contributed by atoms with E-state index in [4.69, 9.17) is 17.3 Å². The summed E-state index contributed by atoms with van der Waals surface area (Å²) in [5.41, 5.74) is 10.6. The van der Waals surface area contributed by atoms with Gasteiger partial charge in [-0.3, -0.25) is 0 Å². The molecule has 0 spiro atoms. The molecule has 0 amide bonds. The van der Waals surface area contributed by atoms with Crippen LogP contribution in [0.1, 0.15) is 36.5 Å². The molecule has 0 bridgehead atoms. The zero-order chi connectivity index (χ0) is 13.1. The average Bonchev–Trinajstić information content (AvgIpc) is 2.34. The fourth-order valence-corrected chi connectivity index (χ4v) is 2.09. The fraction of sp³-hybridized carbons (Fsp3) is 0.250. The first-order chi connectivity index (χ1) is 8.56. The highest BCUT2D eigenvalue weighted by molar-refractivity contribution is 6.30. The maximum atomic E-state index is 6.04. The van der Waals surface area contributed by atoms with E-state index in [0.717, 1.165) is 17.1 Å². The molecular formula is C16H18ClN. The largest absolute Gasteiger partial charge is 0.398 e. The van der Waals surface area contributed by atoms with Gasteiger partial charge in [0.05, 0.1) is 0 Å². The van der Waals surface area contributed by atoms with Crippen LogP contribution in [-0.4, -0.2) is 0 Å². The lowest BCUT2D eigenvalue weighted by atomic mass is 9.96. The van der Waals surface area contributed by atoms with Crippen molar-refractivity contribution in [1.29, 1.82) is 0 Å². The van der Waals surface area contributed by atoms with Crippen molar-refractivity contribution < 1.29 is 0 Å². The monoisotopic (exact) mass is 259 g/mol. The van der Waals surface area contributed by atoms with Crippen LogP contribution in [0.2, 0.25) is 5.02 Å². The van der Waals surface area contributed by atoms with Crippen molar-refractivity contribution >= 4 is 17.3 Å². The molecule has 2 rings (SSSR count). The minimum Gasteiger partial charge on any atom is -0.398 e. The van der Waals surface area contributed by atoms with Crippen LogP contribution in [0, 0.1) is 0 Å². The summed E-state index contributed by atoms with van der Waals surface area (Å²) >= 11 is 5.89. The van der Waals surface area contributed by atoms with Gasteiger partial charge in [0.2, 0.25) is 0 Å². The second-order valence-electron chi connectivity index (χ2n) is 4.92. The Labute approximate surface area is 114 Å². The van der Waals surface area contributed by atoms with Crippen LogP contribution in [-0.2, 0) is 6.42 Å². The smallest absolute Gasteiger partial charge is 0.0406 e. The fourth-order valence-electron chi connectivity index (χ4n) is 1.96. The van der Waals surface area contributed by atoms with Gasteiger partial charge < -0.3 is 5.73 Å². The second kappa shape index (κ2) is 5.45. The Morgan fingerprint density at radius 3 is 2.33 bits per heavy atom. The van der Waals surface area contributed by atoms with Gasteiger partial charge >= 0.3 is 0 Å². The van der Waals surface area contributed by atoms with Crippen LogP contribution in [0.15, 0.2) is 42.5 Å². The van der Waals surface area contributed by atoms with E-state index in [1.165, 1.54) is 16.7 Å². The highest BCUT2D eigenvalue weighted by Gasteiger charge is 2.05. The van der Waals surface area contributed by atoms with Gasteiger partial charge in [-0.2, -0.15) is 0 Å². The summed E-state index contributed by atoms with van der Waals surface area (Å²) in [6.45, 7) is 4.38. The van der Waals surface area contributed by atoms with Gasteiger partial charge in [0.1, 0.15) is 0 Å². The Morgan fingerprint density at radius 2 is 1.72 bits per heavy atom. The molecule has 0 radical (unpaired) electrons. The quantitative estimate of drug-likeness (QED) is 0.799. The lowest BCUT2D eigenvalue weighted by Gasteiger charge is -2.11. The molecule has 2 aromatic rings. The van der Waals surface area contributed by atoms with Crippen LogP contribution < -0.4 is 5.73 Å². The van der Waals surface area contributed by atoms with Crippen molar-refractivity contribution in [3.8, 4) is 0 Å². The van der Waals surface area contributed by atoms with E-state index in [-0.39, 0.29) is 0 Å². The summed E-state index contributed by atoms with van der Waals surface area (Å²) in [5, 5.41) is 0.766. The van der Waals surface area contributed by atoms with E-state index >= 15 is 0 Å². The van der Waals surface area contributed by atoms with E-state index in [1.54, 1.807) is 0 Å². The number of hydrogen-bond acceptors (Lipinski definition) is 1. The van der Waals surface area contributed by atoms with Crippen molar-refractivity contribution in [2.75, 3.05) is 5.73 Å². The van der Waals surface area contributed by atoms with Gasteiger partial charge in [0.15, 0.2) is 0 Å². The Hall–Kier alpha value is -1.47. The summed E-state index contributed by atoms with van der Waals surface area (Å²) in [5.74, 6) is 0.523. The van der Waals surface area contributed by atoms with Crippen LogP contribution >= 0.6 is 11.6 Å². The van der Waals surface area contributed by atoms with Gasteiger partial charge in [0.25, 0.3) is 0 Å². The van der Waals surface area contributed by atoms with Crippen molar-refractivity contribution in [3.05, 3.63) is 64.2 Å². The Kier molecular flexibility index (Phi) is 3.93. The van der Waals surface area contributed by atoms with E-state index < -0.39 is 0 Å². The van der Waals surface area contributed by atoms with E-state index in [2.05, 4.69) is 26.0 Å². The molecule has 0 saturated heterocycles. The molecule has 0 aliphatic carbocycles. The second-order valence-corrected chi connectivity index (χ2v) is 5.35. The molecule has 0 saturated carbocycles. The number of hydrogen-bond donors (Lipinski definition) is 1. The predicted octanol–water partition coefficient (Wildman–Crippen LogP) is 4.64. The number of nitrogens with two attached hydrogens (primary N) is 1. The van der Waals surface area contributed by atoms with Crippen LogP contribution in [0.4, 0.5) is 5.69 Å². The molecule has 0 atom stereocenters. The number of rotatable bonds is 3. The zero-order valence-corrected chi connectivity index (χ0v) is 11.5. The third-order valence-corrected chi connectivity index (χ3v) is 3.39. The molecule has 94 valence electrons. The first-order valence-electron chi connectivity index (χ1n) is 6.19. The third-order valence-electron chi connectivity index (χ3n) is 3.14. The predicted molar refractivity (Wildman–Crippen MR) is 79.2 cm³/mol. The Bertz CT molecular complexity index is 529. The molecule has 18 heavy (non-hydrogen) atoms. The van der Waals surface area contributed by atoms with Crippen LogP contribution in [0.25, 0.3) is 0 Å². The van der Waals surface area contributed by atoms with Gasteiger partial charge in [-0.25, -0.2) is 0 Å². The SMILES string of the molecule is CC(C)c1ccc(N)c(Cc2ccc(Cl)cc2)c1. The summed E-state index contributed by atoms with van der Waals surface area (Å²) in [6.07, 6.45) is 0.851. The molecule has 2 heteroatoms. The minimum absolute atomic E-state index is 0.523. The number of halogens is 1. The summed E-state index contributed by atoms with van der Waals surface area (Å²) in [7, 11) is 0. The topological polar surface area (TPSA) is 26.0 Å². The first-order valence-corrected chi connectivity index (χ1v) is 6.57. The van der Waals surface area contributed by atoms with Gasteiger partial charge in [-0.15, -0.1) is 0 Å². The maximum absolute atomic E-state index is 6.04. The molecule has 1 nitrogen and oxygen atoms in total. The normalized spacial score (nSPS) is 10.9. The molecule has 0 unspecified atom stereocenters. The van der Waals surface area contributed by atoms with Crippen molar-refractivity contribution in [1.82, 2.24) is 0 Å². The summed E-state index contributed by atoms with van der Waals surface area (Å²) < 4.78 is 0. The molecule has 0 fully saturated rings. The number of nitrogen functional groups attached to an aromatic ring is 1. The average molecular weight is 260 g/mol. The van der Waals surface area contributed by atoms with E-state index in [0.29, 0.717) is 5.92 Å². The molecule has 2 N–H and O–H groups in total. The van der Waals surface area contributed by atoms with E-state index in [9.17, 15) is 0 Å². The van der Waals surface area contributed by atoms with Gasteiger partial charge in [-0.05, 0) is 47.2 Å². The van der Waals surface area contributed by atoms with Crippen molar-refractivity contribution in [2.45, 2.75) is 26.2 Å². The van der Waals surface area contributed by atoms with Crippen molar-refractivity contribution in [2.24, 2.45) is 0 Å². The molecule has 0 aliphatic rings.